The topological polar surface area (TPSA) is 52.5 Å². The van der Waals surface area contributed by atoms with Gasteiger partial charge >= 0.3 is 0 Å². The highest BCUT2D eigenvalue weighted by molar-refractivity contribution is 5.29. The van der Waals surface area contributed by atoms with Crippen molar-refractivity contribution in [1.29, 1.82) is 0 Å². The molecule has 0 aliphatic heterocycles. The number of aliphatic hydroxyl groups is 2. The third kappa shape index (κ3) is 3.30. The number of aliphatic hydroxyl groups excluding tert-OH is 2. The molecule has 3 heteroatoms. The molecule has 1 rings (SSSR count). The van der Waals surface area contributed by atoms with Crippen LogP contribution in [0.2, 0.25) is 0 Å². The summed E-state index contributed by atoms with van der Waals surface area (Å²) in [4.78, 5) is 0. The fraction of sp³-hybridized carbons (Fsp3) is 0.538. The van der Waals surface area contributed by atoms with E-state index < -0.39 is 12.2 Å². The molecule has 3 nitrogen and oxygen atoms in total. The summed E-state index contributed by atoms with van der Waals surface area (Å²) in [5, 5.41) is 22.8. The molecule has 90 valence electrons. The van der Waals surface area contributed by atoms with Crippen LogP contribution in [0.25, 0.3) is 0 Å². The van der Waals surface area contributed by atoms with Gasteiger partial charge < -0.3 is 15.5 Å². The molecule has 0 saturated heterocycles. The first-order valence-corrected chi connectivity index (χ1v) is 5.79. The molecule has 0 aliphatic rings. The van der Waals surface area contributed by atoms with Gasteiger partial charge in [0, 0.05) is 0 Å². The fourth-order valence-corrected chi connectivity index (χ4v) is 1.80. The normalized spacial score (nSPS) is 14.8. The van der Waals surface area contributed by atoms with Crippen LogP contribution in [0.5, 0.6) is 0 Å². The van der Waals surface area contributed by atoms with E-state index in [2.05, 4.69) is 5.32 Å². The van der Waals surface area contributed by atoms with Gasteiger partial charge in [-0.2, -0.15) is 0 Å². The molecule has 2 atom stereocenters. The van der Waals surface area contributed by atoms with E-state index in [4.69, 9.17) is 0 Å². The van der Waals surface area contributed by atoms with Crippen molar-refractivity contribution in [1.82, 2.24) is 5.32 Å². The lowest BCUT2D eigenvalue weighted by Gasteiger charge is -2.20. The Kier molecular flexibility index (Phi) is 5.46. The van der Waals surface area contributed by atoms with Crippen LogP contribution in [-0.2, 0) is 6.42 Å². The molecule has 0 aliphatic carbocycles. The minimum atomic E-state index is -0.788. The Labute approximate surface area is 97.1 Å². The quantitative estimate of drug-likeness (QED) is 0.680. The molecule has 0 bridgehead atoms. The van der Waals surface area contributed by atoms with Gasteiger partial charge in [0.25, 0.3) is 0 Å². The second-order valence-electron chi connectivity index (χ2n) is 3.96. The van der Waals surface area contributed by atoms with Gasteiger partial charge in [-0.3, -0.25) is 0 Å². The summed E-state index contributed by atoms with van der Waals surface area (Å²) in [6, 6.07) is 7.72. The number of hydrogen-bond acceptors (Lipinski definition) is 3. The Morgan fingerprint density at radius 2 is 1.94 bits per heavy atom. The summed E-state index contributed by atoms with van der Waals surface area (Å²) in [6.45, 7) is 2.75. The highest BCUT2D eigenvalue weighted by Gasteiger charge is 2.19. The van der Waals surface area contributed by atoms with Gasteiger partial charge in [0.05, 0.1) is 6.10 Å². The van der Waals surface area contributed by atoms with E-state index in [-0.39, 0.29) is 0 Å². The van der Waals surface area contributed by atoms with E-state index >= 15 is 0 Å². The smallest absolute Gasteiger partial charge is 0.105 e. The lowest BCUT2D eigenvalue weighted by atomic mass is 9.96. The third-order valence-corrected chi connectivity index (χ3v) is 2.81. The summed E-state index contributed by atoms with van der Waals surface area (Å²) in [6.07, 6.45) is -0.0773. The average Bonchev–Trinajstić information content (AvgIpc) is 2.34. The second kappa shape index (κ2) is 6.63. The van der Waals surface area contributed by atoms with Crippen LogP contribution in [0, 0.1) is 0 Å². The Morgan fingerprint density at radius 3 is 2.56 bits per heavy atom. The van der Waals surface area contributed by atoms with Gasteiger partial charge in [-0.1, -0.05) is 31.2 Å². The first-order valence-electron chi connectivity index (χ1n) is 5.79. The van der Waals surface area contributed by atoms with Gasteiger partial charge in [0.1, 0.15) is 6.10 Å². The summed E-state index contributed by atoms with van der Waals surface area (Å²) in [5.41, 5.74) is 1.94. The molecule has 0 amide bonds. The van der Waals surface area contributed by atoms with Gasteiger partial charge in [-0.05, 0) is 37.6 Å². The average molecular weight is 223 g/mol. The lowest BCUT2D eigenvalue weighted by Crippen LogP contribution is -2.24. The number of nitrogens with one attached hydrogen (secondary N) is 1. The zero-order chi connectivity index (χ0) is 12.0. The van der Waals surface area contributed by atoms with Crippen molar-refractivity contribution in [2.45, 2.75) is 32.0 Å². The second-order valence-corrected chi connectivity index (χ2v) is 3.96. The largest absolute Gasteiger partial charge is 0.390 e. The molecule has 0 fully saturated rings. The minimum Gasteiger partial charge on any atom is -0.390 e. The summed E-state index contributed by atoms with van der Waals surface area (Å²) < 4.78 is 0. The van der Waals surface area contributed by atoms with Crippen LogP contribution in [0.4, 0.5) is 0 Å². The SMILES string of the molecule is CCc1ccccc1C(O)C(O)CCNC. The standard InChI is InChI=1S/C13H21NO2/c1-3-10-6-4-5-7-11(10)13(16)12(15)8-9-14-2/h4-7,12-16H,3,8-9H2,1-2H3. The number of aryl methyl sites for hydroxylation is 1. The molecule has 0 radical (unpaired) electrons. The molecule has 2 unspecified atom stereocenters. The highest BCUT2D eigenvalue weighted by atomic mass is 16.3. The van der Waals surface area contributed by atoms with Gasteiger partial charge in [0.2, 0.25) is 0 Å². The number of benzene rings is 1. The Bertz CT molecular complexity index is 315. The van der Waals surface area contributed by atoms with Gasteiger partial charge in [-0.25, -0.2) is 0 Å². The van der Waals surface area contributed by atoms with Crippen LogP contribution < -0.4 is 5.32 Å². The molecule has 0 heterocycles. The molecule has 16 heavy (non-hydrogen) atoms. The van der Waals surface area contributed by atoms with Crippen LogP contribution in [0.15, 0.2) is 24.3 Å². The predicted octanol–water partition coefficient (Wildman–Crippen LogP) is 1.25. The van der Waals surface area contributed by atoms with Crippen molar-refractivity contribution in [3.8, 4) is 0 Å². The van der Waals surface area contributed by atoms with E-state index in [0.29, 0.717) is 13.0 Å². The lowest BCUT2D eigenvalue weighted by molar-refractivity contribution is 0.0135. The molecule has 0 spiro atoms. The predicted molar refractivity (Wildman–Crippen MR) is 65.3 cm³/mol. The van der Waals surface area contributed by atoms with E-state index in [1.165, 1.54) is 0 Å². The molecular weight excluding hydrogens is 202 g/mol. The molecule has 0 aromatic heterocycles. The summed E-state index contributed by atoms with van der Waals surface area (Å²) >= 11 is 0. The van der Waals surface area contributed by atoms with E-state index in [1.807, 2.05) is 38.2 Å². The van der Waals surface area contributed by atoms with Gasteiger partial charge in [-0.15, -0.1) is 0 Å². The van der Waals surface area contributed by atoms with Crippen molar-refractivity contribution in [2.24, 2.45) is 0 Å². The Hall–Kier alpha value is -0.900. The Morgan fingerprint density at radius 1 is 1.25 bits per heavy atom. The highest BCUT2D eigenvalue weighted by Crippen LogP contribution is 2.22. The van der Waals surface area contributed by atoms with Crippen molar-refractivity contribution in [3.05, 3.63) is 35.4 Å². The van der Waals surface area contributed by atoms with Crippen LogP contribution in [-0.4, -0.2) is 29.9 Å². The molecule has 3 N–H and O–H groups in total. The van der Waals surface area contributed by atoms with Crippen LogP contribution in [0.1, 0.15) is 30.6 Å². The Balaban J connectivity index is 2.74. The summed E-state index contributed by atoms with van der Waals surface area (Å²) in [5.74, 6) is 0. The maximum absolute atomic E-state index is 10.0. The maximum Gasteiger partial charge on any atom is 0.105 e. The van der Waals surface area contributed by atoms with E-state index in [1.54, 1.807) is 0 Å². The van der Waals surface area contributed by atoms with E-state index in [0.717, 1.165) is 17.5 Å². The molecule has 0 saturated carbocycles. The maximum atomic E-state index is 10.0. The fourth-order valence-electron chi connectivity index (χ4n) is 1.80. The zero-order valence-electron chi connectivity index (χ0n) is 9.98. The van der Waals surface area contributed by atoms with Crippen LogP contribution >= 0.6 is 0 Å². The van der Waals surface area contributed by atoms with Crippen molar-refractivity contribution in [2.75, 3.05) is 13.6 Å². The summed E-state index contributed by atoms with van der Waals surface area (Å²) in [7, 11) is 1.83. The first-order chi connectivity index (χ1) is 7.70. The molecular formula is C13H21NO2. The third-order valence-electron chi connectivity index (χ3n) is 2.81. The minimum absolute atomic E-state index is 0.551. The molecule has 1 aromatic rings. The first kappa shape index (κ1) is 13.2. The monoisotopic (exact) mass is 223 g/mol. The van der Waals surface area contributed by atoms with E-state index in [9.17, 15) is 10.2 Å². The zero-order valence-corrected chi connectivity index (χ0v) is 9.98. The molecule has 1 aromatic carbocycles. The number of hydrogen-bond donors (Lipinski definition) is 3. The van der Waals surface area contributed by atoms with Gasteiger partial charge in [0.15, 0.2) is 0 Å². The number of rotatable bonds is 6. The van der Waals surface area contributed by atoms with Crippen molar-refractivity contribution in [3.63, 3.8) is 0 Å². The van der Waals surface area contributed by atoms with Crippen molar-refractivity contribution < 1.29 is 10.2 Å². The van der Waals surface area contributed by atoms with Crippen LogP contribution in [0.3, 0.4) is 0 Å². The van der Waals surface area contributed by atoms with Crippen molar-refractivity contribution >= 4 is 0 Å².